The number of carbonyl (C=O) groups is 2. The molecule has 0 bridgehead atoms. The van der Waals surface area contributed by atoms with Gasteiger partial charge in [0.1, 0.15) is 24.3 Å². The molecule has 0 spiro atoms. The van der Waals surface area contributed by atoms with Crippen molar-refractivity contribution in [3.05, 3.63) is 52.3 Å². The van der Waals surface area contributed by atoms with Crippen LogP contribution < -0.4 is 20.7 Å². The average molecular weight is 446 g/mol. The van der Waals surface area contributed by atoms with E-state index < -0.39 is 54.8 Å². The molecule has 11 heteroatoms. The Morgan fingerprint density at radius 2 is 2.07 bits per heavy atom. The van der Waals surface area contributed by atoms with E-state index in [1.54, 1.807) is 0 Å². The van der Waals surface area contributed by atoms with E-state index in [0.717, 1.165) is 23.1 Å². The summed E-state index contributed by atoms with van der Waals surface area (Å²) < 4.78 is 59.8. The van der Waals surface area contributed by atoms with E-state index in [1.807, 2.05) is 0 Å². The molecule has 2 aromatic carbocycles. The molecule has 1 atom stereocenters. The van der Waals surface area contributed by atoms with Gasteiger partial charge in [-0.25, -0.2) is 22.4 Å². The molecule has 0 saturated heterocycles. The molecule has 0 radical (unpaired) electrons. The summed E-state index contributed by atoms with van der Waals surface area (Å²) in [6, 6.07) is 3.47. The molecule has 1 aliphatic rings. The van der Waals surface area contributed by atoms with Crippen LogP contribution in [0.4, 0.5) is 28.0 Å². The SMILES string of the molecule is NC(=O)N[C@@H]1Cc2ccc(C(F)F)c(Oc3cc(F)ccc3Cl)c2N(CCF)C1=O. The highest BCUT2D eigenvalue weighted by molar-refractivity contribution is 6.32. The standard InChI is InChI=1S/C19H16ClF4N3O3/c20-12-4-2-10(22)8-14(12)30-16-11(17(23)24)3-1-9-7-13(26-19(25)29)18(28)27(6-5-21)15(9)16/h1-4,8,13,17H,5-7H2,(H3,25,26,29)/t13-/m1/s1. The number of primary amides is 1. The molecule has 6 nitrogen and oxygen atoms in total. The first-order chi connectivity index (χ1) is 14.2. The Balaban J connectivity index is 2.18. The van der Waals surface area contributed by atoms with E-state index in [1.165, 1.54) is 12.1 Å². The van der Waals surface area contributed by atoms with E-state index >= 15 is 0 Å². The number of nitrogens with one attached hydrogen (secondary N) is 1. The van der Waals surface area contributed by atoms with Crippen LogP contribution in [0.15, 0.2) is 30.3 Å². The van der Waals surface area contributed by atoms with E-state index in [2.05, 4.69) is 5.32 Å². The zero-order valence-corrected chi connectivity index (χ0v) is 16.1. The average Bonchev–Trinajstić information content (AvgIpc) is 2.67. The van der Waals surface area contributed by atoms with Crippen LogP contribution >= 0.6 is 11.6 Å². The van der Waals surface area contributed by atoms with Gasteiger partial charge in [-0.05, 0) is 23.8 Å². The fraction of sp³-hybridized carbons (Fsp3) is 0.263. The topological polar surface area (TPSA) is 84.7 Å². The first kappa shape index (κ1) is 21.7. The highest BCUT2D eigenvalue weighted by Crippen LogP contribution is 2.46. The van der Waals surface area contributed by atoms with Gasteiger partial charge in [-0.3, -0.25) is 4.79 Å². The summed E-state index contributed by atoms with van der Waals surface area (Å²) >= 11 is 5.99. The maximum atomic E-state index is 13.7. The third-order valence-electron chi connectivity index (χ3n) is 4.47. The second-order valence-electron chi connectivity index (χ2n) is 6.41. The number of hydrogen-bond acceptors (Lipinski definition) is 3. The number of urea groups is 1. The number of hydrogen-bond donors (Lipinski definition) is 2. The highest BCUT2D eigenvalue weighted by atomic mass is 35.5. The Morgan fingerprint density at radius 3 is 2.70 bits per heavy atom. The number of carbonyl (C=O) groups excluding carboxylic acids is 2. The molecule has 0 unspecified atom stereocenters. The van der Waals surface area contributed by atoms with Crippen molar-refractivity contribution in [1.29, 1.82) is 0 Å². The summed E-state index contributed by atoms with van der Waals surface area (Å²) in [6.45, 7) is -1.48. The van der Waals surface area contributed by atoms with Crippen molar-refractivity contribution < 1.29 is 31.9 Å². The highest BCUT2D eigenvalue weighted by Gasteiger charge is 2.37. The Morgan fingerprint density at radius 1 is 1.33 bits per heavy atom. The van der Waals surface area contributed by atoms with Gasteiger partial charge in [0, 0.05) is 12.5 Å². The predicted molar refractivity (Wildman–Crippen MR) is 101 cm³/mol. The summed E-state index contributed by atoms with van der Waals surface area (Å²) in [5.74, 6) is -2.17. The maximum absolute atomic E-state index is 13.7. The van der Waals surface area contributed by atoms with Gasteiger partial charge < -0.3 is 20.7 Å². The number of anilines is 1. The van der Waals surface area contributed by atoms with Gasteiger partial charge in [0.2, 0.25) is 5.91 Å². The van der Waals surface area contributed by atoms with Gasteiger partial charge in [-0.1, -0.05) is 17.7 Å². The van der Waals surface area contributed by atoms with Crippen molar-refractivity contribution in [1.82, 2.24) is 5.32 Å². The minimum Gasteiger partial charge on any atom is -0.453 e. The number of amides is 3. The molecule has 3 N–H and O–H groups in total. The van der Waals surface area contributed by atoms with Gasteiger partial charge in [-0.2, -0.15) is 0 Å². The van der Waals surface area contributed by atoms with E-state index in [-0.39, 0.29) is 22.9 Å². The summed E-state index contributed by atoms with van der Waals surface area (Å²) in [5, 5.41) is 2.20. The second-order valence-corrected chi connectivity index (χ2v) is 6.82. The molecule has 0 aromatic heterocycles. The fourth-order valence-electron chi connectivity index (χ4n) is 3.23. The molecule has 3 amide bonds. The molecule has 3 rings (SSSR count). The largest absolute Gasteiger partial charge is 0.453 e. The molecule has 1 heterocycles. The van der Waals surface area contributed by atoms with Crippen molar-refractivity contribution in [2.45, 2.75) is 18.9 Å². The van der Waals surface area contributed by atoms with Gasteiger partial charge in [0.25, 0.3) is 6.43 Å². The smallest absolute Gasteiger partial charge is 0.312 e. The fourth-order valence-corrected chi connectivity index (χ4v) is 3.39. The number of nitrogens with two attached hydrogens (primary N) is 1. The van der Waals surface area contributed by atoms with Crippen molar-refractivity contribution in [2.75, 3.05) is 18.1 Å². The molecular formula is C19H16ClF4N3O3. The number of halogens is 5. The molecule has 30 heavy (non-hydrogen) atoms. The Labute approximate surface area is 173 Å². The first-order valence-electron chi connectivity index (χ1n) is 8.73. The lowest BCUT2D eigenvalue weighted by atomic mass is 9.94. The summed E-state index contributed by atoms with van der Waals surface area (Å²) in [4.78, 5) is 24.9. The summed E-state index contributed by atoms with van der Waals surface area (Å²) in [6.07, 6.45) is -3.10. The number of rotatable bonds is 6. The Bertz CT molecular complexity index is 990. The van der Waals surface area contributed by atoms with Gasteiger partial charge in [-0.15, -0.1) is 0 Å². The van der Waals surface area contributed by atoms with Crippen LogP contribution in [0.2, 0.25) is 5.02 Å². The van der Waals surface area contributed by atoms with E-state index in [4.69, 9.17) is 22.1 Å². The zero-order chi connectivity index (χ0) is 22.0. The molecule has 0 fully saturated rings. The van der Waals surface area contributed by atoms with Gasteiger partial charge in [0.15, 0.2) is 5.75 Å². The minimum atomic E-state index is -3.01. The van der Waals surface area contributed by atoms with Crippen LogP contribution in [0.1, 0.15) is 17.6 Å². The van der Waals surface area contributed by atoms with Crippen molar-refractivity contribution in [3.63, 3.8) is 0 Å². The van der Waals surface area contributed by atoms with Crippen LogP contribution in [0.5, 0.6) is 11.5 Å². The number of ether oxygens (including phenoxy) is 1. The summed E-state index contributed by atoms with van der Waals surface area (Å²) in [5.41, 5.74) is 4.72. The van der Waals surface area contributed by atoms with Crippen molar-refractivity contribution >= 4 is 29.2 Å². The predicted octanol–water partition coefficient (Wildman–Crippen LogP) is 4.10. The lowest BCUT2D eigenvalue weighted by molar-refractivity contribution is -0.120. The van der Waals surface area contributed by atoms with Gasteiger partial charge in [0.05, 0.1) is 22.8 Å². The minimum absolute atomic E-state index is 0.0540. The van der Waals surface area contributed by atoms with E-state index in [9.17, 15) is 27.2 Å². The quantitative estimate of drug-likeness (QED) is 0.656. The normalized spacial score (nSPS) is 15.9. The molecular weight excluding hydrogens is 430 g/mol. The molecule has 2 aromatic rings. The molecule has 1 aliphatic heterocycles. The number of nitrogens with zero attached hydrogens (tertiary/aromatic N) is 1. The zero-order valence-electron chi connectivity index (χ0n) is 15.3. The Kier molecular flexibility index (Phi) is 6.35. The van der Waals surface area contributed by atoms with Crippen LogP contribution in [0, 0.1) is 5.82 Å². The van der Waals surface area contributed by atoms with Crippen molar-refractivity contribution in [2.24, 2.45) is 5.73 Å². The van der Waals surface area contributed by atoms with Crippen LogP contribution in [0.3, 0.4) is 0 Å². The number of alkyl halides is 3. The number of benzene rings is 2. The maximum Gasteiger partial charge on any atom is 0.312 e. The monoisotopic (exact) mass is 445 g/mol. The number of fused-ring (bicyclic) bond motifs is 1. The molecule has 0 saturated carbocycles. The third kappa shape index (κ3) is 4.28. The first-order valence-corrected chi connectivity index (χ1v) is 9.10. The molecule has 0 aliphatic carbocycles. The van der Waals surface area contributed by atoms with E-state index in [0.29, 0.717) is 5.56 Å². The third-order valence-corrected chi connectivity index (χ3v) is 4.78. The molecule has 160 valence electrons. The van der Waals surface area contributed by atoms with Crippen LogP contribution in [-0.4, -0.2) is 31.2 Å². The van der Waals surface area contributed by atoms with Crippen LogP contribution in [-0.2, 0) is 11.2 Å². The second kappa shape index (κ2) is 8.78. The Hall–Kier alpha value is -3.01. The lowest BCUT2D eigenvalue weighted by Crippen LogP contribution is -2.54. The van der Waals surface area contributed by atoms with Crippen LogP contribution in [0.25, 0.3) is 0 Å². The summed E-state index contributed by atoms with van der Waals surface area (Å²) in [7, 11) is 0. The van der Waals surface area contributed by atoms with Crippen molar-refractivity contribution in [3.8, 4) is 11.5 Å². The lowest BCUT2D eigenvalue weighted by Gasteiger charge is -2.35. The van der Waals surface area contributed by atoms with Gasteiger partial charge >= 0.3 is 6.03 Å².